The van der Waals surface area contributed by atoms with Crippen molar-refractivity contribution in [1.82, 2.24) is 9.97 Å². The Bertz CT molecular complexity index is 405. The van der Waals surface area contributed by atoms with E-state index < -0.39 is 0 Å². The average Bonchev–Trinajstić information content (AvgIpc) is 2.30. The van der Waals surface area contributed by atoms with E-state index in [1.165, 1.54) is 5.56 Å². The molecular formula is C12H12BrN3. The molecule has 82 valence electrons. The van der Waals surface area contributed by atoms with Gasteiger partial charge < -0.3 is 5.32 Å². The summed E-state index contributed by atoms with van der Waals surface area (Å²) in [6.45, 7) is 2.72. The van der Waals surface area contributed by atoms with Crippen LogP contribution in [0.1, 0.15) is 11.3 Å². The molecule has 0 atom stereocenters. The Morgan fingerprint density at radius 3 is 2.62 bits per heavy atom. The normalized spacial score (nSPS) is 10.1. The molecule has 1 N–H and O–H groups in total. The van der Waals surface area contributed by atoms with Gasteiger partial charge in [0.05, 0.1) is 12.2 Å². The van der Waals surface area contributed by atoms with E-state index >= 15 is 0 Å². The minimum Gasteiger partial charge on any atom is -0.364 e. The Labute approximate surface area is 103 Å². The largest absolute Gasteiger partial charge is 0.364 e. The van der Waals surface area contributed by atoms with Crippen LogP contribution < -0.4 is 5.32 Å². The fourth-order valence-electron chi connectivity index (χ4n) is 1.26. The third-order valence-electron chi connectivity index (χ3n) is 2.15. The monoisotopic (exact) mass is 277 g/mol. The molecule has 16 heavy (non-hydrogen) atoms. The van der Waals surface area contributed by atoms with Crippen LogP contribution in [-0.2, 0) is 6.54 Å². The number of nitrogens with one attached hydrogen (secondary N) is 1. The summed E-state index contributed by atoms with van der Waals surface area (Å²) in [5.41, 5.74) is 2.18. The highest BCUT2D eigenvalue weighted by atomic mass is 79.9. The predicted molar refractivity (Wildman–Crippen MR) is 68.2 cm³/mol. The molecule has 2 aromatic rings. The lowest BCUT2D eigenvalue weighted by Gasteiger charge is -2.05. The van der Waals surface area contributed by atoms with Gasteiger partial charge >= 0.3 is 0 Å². The topological polar surface area (TPSA) is 37.8 Å². The molecule has 0 aromatic carbocycles. The van der Waals surface area contributed by atoms with E-state index in [0.29, 0.717) is 6.54 Å². The number of anilines is 1. The number of aromatic nitrogens is 2. The van der Waals surface area contributed by atoms with Crippen molar-refractivity contribution in [3.05, 3.63) is 52.4 Å². The van der Waals surface area contributed by atoms with E-state index in [0.717, 1.165) is 16.0 Å². The van der Waals surface area contributed by atoms with E-state index in [1.807, 2.05) is 31.3 Å². The van der Waals surface area contributed by atoms with E-state index in [2.05, 4.69) is 37.3 Å². The molecule has 0 saturated carbocycles. The molecule has 2 heterocycles. The number of halogens is 1. The zero-order chi connectivity index (χ0) is 11.4. The lowest BCUT2D eigenvalue weighted by atomic mass is 10.3. The molecule has 0 fully saturated rings. The maximum absolute atomic E-state index is 4.31. The Kier molecular flexibility index (Phi) is 3.51. The van der Waals surface area contributed by atoms with Crippen molar-refractivity contribution in [3.8, 4) is 0 Å². The Morgan fingerprint density at radius 2 is 2.00 bits per heavy atom. The maximum Gasteiger partial charge on any atom is 0.126 e. The summed E-state index contributed by atoms with van der Waals surface area (Å²) in [5, 5.41) is 3.21. The minimum atomic E-state index is 0.689. The molecular weight excluding hydrogens is 266 g/mol. The first-order valence-electron chi connectivity index (χ1n) is 5.01. The van der Waals surface area contributed by atoms with Gasteiger partial charge in [-0.1, -0.05) is 6.07 Å². The van der Waals surface area contributed by atoms with Crippen LogP contribution in [-0.4, -0.2) is 9.97 Å². The van der Waals surface area contributed by atoms with Crippen molar-refractivity contribution >= 4 is 21.7 Å². The summed E-state index contributed by atoms with van der Waals surface area (Å²) in [7, 11) is 0. The molecule has 0 aliphatic rings. The fourth-order valence-corrected chi connectivity index (χ4v) is 1.50. The smallest absolute Gasteiger partial charge is 0.126 e. The number of nitrogens with zero attached hydrogens (tertiary/aromatic N) is 2. The van der Waals surface area contributed by atoms with Gasteiger partial charge in [0.25, 0.3) is 0 Å². The molecule has 0 aliphatic heterocycles. The van der Waals surface area contributed by atoms with Crippen LogP contribution in [0.25, 0.3) is 0 Å². The average molecular weight is 278 g/mol. The number of hydrogen-bond donors (Lipinski definition) is 1. The fraction of sp³-hybridized carbons (Fsp3) is 0.167. The van der Waals surface area contributed by atoms with Crippen molar-refractivity contribution in [3.63, 3.8) is 0 Å². The highest BCUT2D eigenvalue weighted by Gasteiger charge is 1.96. The van der Waals surface area contributed by atoms with Crippen molar-refractivity contribution < 1.29 is 0 Å². The van der Waals surface area contributed by atoms with Crippen LogP contribution in [0.15, 0.2) is 41.1 Å². The van der Waals surface area contributed by atoms with Crippen molar-refractivity contribution in [2.75, 3.05) is 5.32 Å². The highest BCUT2D eigenvalue weighted by molar-refractivity contribution is 9.10. The third kappa shape index (κ3) is 3.03. The molecule has 0 aliphatic carbocycles. The summed E-state index contributed by atoms with van der Waals surface area (Å²) < 4.78 is 0.978. The summed E-state index contributed by atoms with van der Waals surface area (Å²) in [6, 6.07) is 7.95. The molecule has 0 unspecified atom stereocenters. The molecule has 0 bridgehead atoms. The Balaban J connectivity index is 1.97. The van der Waals surface area contributed by atoms with Crippen LogP contribution in [0.4, 0.5) is 5.82 Å². The number of aryl methyl sites for hydroxylation is 1. The first-order valence-corrected chi connectivity index (χ1v) is 5.80. The van der Waals surface area contributed by atoms with Crippen molar-refractivity contribution in [1.29, 1.82) is 0 Å². The van der Waals surface area contributed by atoms with Crippen molar-refractivity contribution in [2.24, 2.45) is 0 Å². The molecule has 0 radical (unpaired) electrons. The quantitative estimate of drug-likeness (QED) is 0.937. The molecule has 0 amide bonds. The van der Waals surface area contributed by atoms with Crippen LogP contribution in [0.2, 0.25) is 0 Å². The summed E-state index contributed by atoms with van der Waals surface area (Å²) in [4.78, 5) is 8.54. The van der Waals surface area contributed by atoms with Gasteiger partial charge in [-0.15, -0.1) is 0 Å². The molecule has 4 heteroatoms. The molecule has 2 rings (SSSR count). The third-order valence-corrected chi connectivity index (χ3v) is 2.62. The Hall–Kier alpha value is -1.42. The van der Waals surface area contributed by atoms with Gasteiger partial charge in [-0.3, -0.25) is 4.98 Å². The first-order chi connectivity index (χ1) is 7.74. The van der Waals surface area contributed by atoms with Crippen LogP contribution >= 0.6 is 15.9 Å². The highest BCUT2D eigenvalue weighted by Crippen LogP contribution is 2.11. The first kappa shape index (κ1) is 11.1. The van der Waals surface area contributed by atoms with E-state index in [4.69, 9.17) is 0 Å². The second kappa shape index (κ2) is 5.07. The minimum absolute atomic E-state index is 0.689. The summed E-state index contributed by atoms with van der Waals surface area (Å²) in [5.74, 6) is 0.852. The van der Waals surface area contributed by atoms with Gasteiger partial charge in [0.15, 0.2) is 0 Å². The van der Waals surface area contributed by atoms with Crippen LogP contribution in [0.3, 0.4) is 0 Å². The van der Waals surface area contributed by atoms with Gasteiger partial charge in [-0.25, -0.2) is 4.98 Å². The SMILES string of the molecule is Cc1ccc(CNc2ccc(Br)cn2)nc1. The zero-order valence-corrected chi connectivity index (χ0v) is 10.5. The zero-order valence-electron chi connectivity index (χ0n) is 8.94. The lowest BCUT2D eigenvalue weighted by Crippen LogP contribution is -2.02. The number of pyridine rings is 2. The van der Waals surface area contributed by atoms with Gasteiger partial charge in [0.2, 0.25) is 0 Å². The summed E-state index contributed by atoms with van der Waals surface area (Å²) >= 11 is 3.35. The second-order valence-electron chi connectivity index (χ2n) is 3.54. The molecule has 0 spiro atoms. The lowest BCUT2D eigenvalue weighted by molar-refractivity contribution is 1.02. The van der Waals surface area contributed by atoms with Crippen LogP contribution in [0.5, 0.6) is 0 Å². The molecule has 0 saturated heterocycles. The van der Waals surface area contributed by atoms with Gasteiger partial charge in [0.1, 0.15) is 5.82 Å². The maximum atomic E-state index is 4.31. The predicted octanol–water partition coefficient (Wildman–Crippen LogP) is 3.16. The Morgan fingerprint density at radius 1 is 1.12 bits per heavy atom. The second-order valence-corrected chi connectivity index (χ2v) is 4.46. The molecule has 3 nitrogen and oxygen atoms in total. The van der Waals surface area contributed by atoms with E-state index in [9.17, 15) is 0 Å². The number of hydrogen-bond acceptors (Lipinski definition) is 3. The van der Waals surface area contributed by atoms with Gasteiger partial charge in [-0.05, 0) is 46.6 Å². The van der Waals surface area contributed by atoms with E-state index in [1.54, 1.807) is 6.20 Å². The van der Waals surface area contributed by atoms with Crippen LogP contribution in [0, 0.1) is 6.92 Å². The van der Waals surface area contributed by atoms with Gasteiger partial charge in [-0.2, -0.15) is 0 Å². The van der Waals surface area contributed by atoms with Gasteiger partial charge in [0, 0.05) is 16.9 Å². The van der Waals surface area contributed by atoms with E-state index in [-0.39, 0.29) is 0 Å². The number of rotatable bonds is 3. The standard InChI is InChI=1S/C12H12BrN3/c1-9-2-4-11(14-6-9)8-16-12-5-3-10(13)7-15-12/h2-7H,8H2,1H3,(H,15,16). The molecule has 2 aromatic heterocycles. The van der Waals surface area contributed by atoms with Crippen molar-refractivity contribution in [2.45, 2.75) is 13.5 Å². The summed E-state index contributed by atoms with van der Waals surface area (Å²) in [6.07, 6.45) is 3.64.